The topological polar surface area (TPSA) is 33.0 Å². The van der Waals surface area contributed by atoms with Gasteiger partial charge < -0.3 is 4.74 Å². The van der Waals surface area contributed by atoms with Gasteiger partial charge in [-0.2, -0.15) is 5.26 Å². The molecule has 2 aromatic rings. The Bertz CT molecular complexity index is 607. The van der Waals surface area contributed by atoms with E-state index in [2.05, 4.69) is 15.9 Å². The van der Waals surface area contributed by atoms with Crippen LogP contribution in [0.3, 0.4) is 0 Å². The first kappa shape index (κ1) is 12.6. The molecular weight excluding hydrogens is 297 g/mol. The van der Waals surface area contributed by atoms with Crippen molar-refractivity contribution in [3.63, 3.8) is 0 Å². The molecule has 2 aromatic carbocycles. The van der Waals surface area contributed by atoms with Crippen LogP contribution in [-0.4, -0.2) is 0 Å². The number of ether oxygens (including phenoxy) is 1. The SMILES string of the molecule is N#Cc1ccc(Br)cc1OCc1ccccc1F. The summed E-state index contributed by atoms with van der Waals surface area (Å²) in [6.07, 6.45) is 0. The molecule has 0 aromatic heterocycles. The Labute approximate surface area is 113 Å². The highest BCUT2D eigenvalue weighted by atomic mass is 79.9. The molecule has 0 N–H and O–H groups in total. The van der Waals surface area contributed by atoms with Crippen molar-refractivity contribution in [3.8, 4) is 11.8 Å². The molecule has 0 unspecified atom stereocenters. The van der Waals surface area contributed by atoms with E-state index < -0.39 is 0 Å². The summed E-state index contributed by atoms with van der Waals surface area (Å²) < 4.78 is 19.7. The van der Waals surface area contributed by atoms with Crippen LogP contribution in [0.4, 0.5) is 4.39 Å². The Balaban J connectivity index is 2.18. The van der Waals surface area contributed by atoms with E-state index in [4.69, 9.17) is 10.00 Å². The van der Waals surface area contributed by atoms with Crippen molar-refractivity contribution in [1.82, 2.24) is 0 Å². The average Bonchev–Trinajstić information content (AvgIpc) is 2.38. The maximum Gasteiger partial charge on any atom is 0.138 e. The number of rotatable bonds is 3. The van der Waals surface area contributed by atoms with Gasteiger partial charge in [-0.05, 0) is 24.3 Å². The molecule has 2 nitrogen and oxygen atoms in total. The lowest BCUT2D eigenvalue weighted by atomic mass is 10.2. The van der Waals surface area contributed by atoms with E-state index in [-0.39, 0.29) is 12.4 Å². The Kier molecular flexibility index (Phi) is 3.96. The molecule has 0 heterocycles. The number of halogens is 2. The lowest BCUT2D eigenvalue weighted by Gasteiger charge is -2.08. The van der Waals surface area contributed by atoms with Crippen LogP contribution in [0.1, 0.15) is 11.1 Å². The maximum absolute atomic E-state index is 13.4. The minimum absolute atomic E-state index is 0.0950. The van der Waals surface area contributed by atoms with Crippen LogP contribution < -0.4 is 4.74 Å². The highest BCUT2D eigenvalue weighted by Crippen LogP contribution is 2.24. The molecule has 0 saturated carbocycles. The molecule has 0 aliphatic heterocycles. The van der Waals surface area contributed by atoms with Crippen molar-refractivity contribution in [2.24, 2.45) is 0 Å². The third kappa shape index (κ3) is 2.88. The Morgan fingerprint density at radius 1 is 1.22 bits per heavy atom. The molecule has 0 spiro atoms. The molecule has 0 saturated heterocycles. The molecule has 4 heteroatoms. The molecule has 0 aliphatic carbocycles. The van der Waals surface area contributed by atoms with Crippen LogP contribution in [0, 0.1) is 17.1 Å². The minimum Gasteiger partial charge on any atom is -0.487 e. The van der Waals surface area contributed by atoms with Crippen molar-refractivity contribution in [1.29, 1.82) is 5.26 Å². The number of hydrogen-bond acceptors (Lipinski definition) is 2. The summed E-state index contributed by atoms with van der Waals surface area (Å²) in [5.41, 5.74) is 0.885. The van der Waals surface area contributed by atoms with E-state index in [0.717, 1.165) is 4.47 Å². The second-order valence-corrected chi connectivity index (χ2v) is 4.55. The summed E-state index contributed by atoms with van der Waals surface area (Å²) in [5.74, 6) is 0.126. The third-order valence-electron chi connectivity index (χ3n) is 2.41. The predicted octanol–water partition coefficient (Wildman–Crippen LogP) is 4.04. The molecule has 0 radical (unpaired) electrons. The zero-order valence-corrected chi connectivity index (χ0v) is 10.9. The van der Waals surface area contributed by atoms with E-state index in [0.29, 0.717) is 16.9 Å². The van der Waals surface area contributed by atoms with E-state index in [9.17, 15) is 4.39 Å². The van der Waals surface area contributed by atoms with Gasteiger partial charge in [-0.15, -0.1) is 0 Å². The van der Waals surface area contributed by atoms with Crippen molar-refractivity contribution < 1.29 is 9.13 Å². The van der Waals surface area contributed by atoms with E-state index >= 15 is 0 Å². The van der Waals surface area contributed by atoms with E-state index in [1.54, 1.807) is 36.4 Å². The summed E-state index contributed by atoms with van der Waals surface area (Å²) in [7, 11) is 0. The van der Waals surface area contributed by atoms with Crippen molar-refractivity contribution in [3.05, 3.63) is 63.9 Å². The maximum atomic E-state index is 13.4. The molecular formula is C14H9BrFNO. The highest BCUT2D eigenvalue weighted by Gasteiger charge is 2.06. The van der Waals surface area contributed by atoms with Gasteiger partial charge in [-0.3, -0.25) is 0 Å². The van der Waals surface area contributed by atoms with Gasteiger partial charge >= 0.3 is 0 Å². The molecule has 2 rings (SSSR count). The van der Waals surface area contributed by atoms with Crippen molar-refractivity contribution >= 4 is 15.9 Å². The van der Waals surface area contributed by atoms with Gasteiger partial charge in [0.25, 0.3) is 0 Å². The van der Waals surface area contributed by atoms with Crippen LogP contribution >= 0.6 is 15.9 Å². The summed E-state index contributed by atoms with van der Waals surface area (Å²) in [6, 6.07) is 13.5. The first-order valence-corrected chi connectivity index (χ1v) is 6.06. The van der Waals surface area contributed by atoms with E-state index in [1.165, 1.54) is 6.07 Å². The lowest BCUT2D eigenvalue weighted by molar-refractivity contribution is 0.299. The fourth-order valence-corrected chi connectivity index (χ4v) is 1.82. The number of nitriles is 1. The minimum atomic E-state index is -0.314. The lowest BCUT2D eigenvalue weighted by Crippen LogP contribution is -1.99. The zero-order valence-electron chi connectivity index (χ0n) is 9.36. The van der Waals surface area contributed by atoms with Crippen LogP contribution in [0.15, 0.2) is 46.9 Å². The second kappa shape index (κ2) is 5.65. The number of hydrogen-bond donors (Lipinski definition) is 0. The summed E-state index contributed by atoms with van der Waals surface area (Å²) in [6.45, 7) is 0.0950. The summed E-state index contributed by atoms with van der Waals surface area (Å²) >= 11 is 3.30. The van der Waals surface area contributed by atoms with Gasteiger partial charge in [-0.1, -0.05) is 34.1 Å². The van der Waals surface area contributed by atoms with E-state index in [1.807, 2.05) is 6.07 Å². The number of benzene rings is 2. The zero-order chi connectivity index (χ0) is 13.0. The molecule has 0 bridgehead atoms. The Morgan fingerprint density at radius 3 is 2.72 bits per heavy atom. The molecule has 0 aliphatic rings. The second-order valence-electron chi connectivity index (χ2n) is 3.63. The predicted molar refractivity (Wildman–Crippen MR) is 69.6 cm³/mol. The Hall–Kier alpha value is -1.86. The molecule has 0 atom stereocenters. The highest BCUT2D eigenvalue weighted by molar-refractivity contribution is 9.10. The van der Waals surface area contributed by atoms with Crippen molar-refractivity contribution in [2.45, 2.75) is 6.61 Å². The smallest absolute Gasteiger partial charge is 0.138 e. The van der Waals surface area contributed by atoms with Gasteiger partial charge in [0.15, 0.2) is 0 Å². The first-order valence-electron chi connectivity index (χ1n) is 5.26. The van der Waals surface area contributed by atoms with Gasteiger partial charge in [0, 0.05) is 10.0 Å². The fourth-order valence-electron chi connectivity index (χ4n) is 1.48. The third-order valence-corrected chi connectivity index (χ3v) is 2.90. The molecule has 90 valence electrons. The van der Waals surface area contributed by atoms with Crippen LogP contribution in [0.25, 0.3) is 0 Å². The van der Waals surface area contributed by atoms with Crippen LogP contribution in [0.5, 0.6) is 5.75 Å². The largest absolute Gasteiger partial charge is 0.487 e. The standard InChI is InChI=1S/C14H9BrFNO/c15-12-6-5-10(8-17)14(7-12)18-9-11-3-1-2-4-13(11)16/h1-7H,9H2. The van der Waals surface area contributed by atoms with Gasteiger partial charge in [-0.25, -0.2) is 4.39 Å². The van der Waals surface area contributed by atoms with Crippen molar-refractivity contribution in [2.75, 3.05) is 0 Å². The van der Waals surface area contributed by atoms with Gasteiger partial charge in [0.1, 0.15) is 24.2 Å². The summed E-state index contributed by atoms with van der Waals surface area (Å²) in [4.78, 5) is 0. The molecule has 18 heavy (non-hydrogen) atoms. The number of nitrogens with zero attached hydrogens (tertiary/aromatic N) is 1. The normalized spacial score (nSPS) is 9.83. The quantitative estimate of drug-likeness (QED) is 0.857. The first-order chi connectivity index (χ1) is 8.70. The molecule has 0 fully saturated rings. The summed E-state index contributed by atoms with van der Waals surface area (Å²) in [5, 5.41) is 8.94. The van der Waals surface area contributed by atoms with Crippen LogP contribution in [0.2, 0.25) is 0 Å². The Morgan fingerprint density at radius 2 is 2.00 bits per heavy atom. The van der Waals surface area contributed by atoms with Gasteiger partial charge in [0.2, 0.25) is 0 Å². The van der Waals surface area contributed by atoms with Gasteiger partial charge in [0.05, 0.1) is 5.56 Å². The molecule has 0 amide bonds. The van der Waals surface area contributed by atoms with Crippen LogP contribution in [-0.2, 0) is 6.61 Å². The monoisotopic (exact) mass is 305 g/mol. The average molecular weight is 306 g/mol. The fraction of sp³-hybridized carbons (Fsp3) is 0.0714.